The number of carbonyl (C=O) groups is 1. The molecule has 6 heteroatoms. The highest BCUT2D eigenvalue weighted by Crippen LogP contribution is 2.22. The Morgan fingerprint density at radius 3 is 2.64 bits per heavy atom. The molecule has 1 heterocycles. The van der Waals surface area contributed by atoms with Gasteiger partial charge in [0.05, 0.1) is 17.7 Å². The zero-order valence-corrected chi connectivity index (χ0v) is 16.0. The molecule has 0 saturated carbocycles. The van der Waals surface area contributed by atoms with Crippen molar-refractivity contribution in [2.24, 2.45) is 5.10 Å². The predicted octanol–water partition coefficient (Wildman–Crippen LogP) is 3.75. The smallest absolute Gasteiger partial charge is 0.281 e. The van der Waals surface area contributed by atoms with Crippen molar-refractivity contribution in [1.82, 2.24) is 10.3 Å². The van der Waals surface area contributed by atoms with Crippen molar-refractivity contribution in [3.8, 4) is 5.75 Å². The first kappa shape index (κ1) is 19.1. The maximum Gasteiger partial charge on any atom is 0.281 e. The van der Waals surface area contributed by atoms with E-state index in [1.807, 2.05) is 30.5 Å². The molecule has 2 rings (SSSR count). The summed E-state index contributed by atoms with van der Waals surface area (Å²) < 4.78 is 5.48. The van der Waals surface area contributed by atoms with Crippen LogP contribution in [0, 0.1) is 0 Å². The van der Waals surface area contributed by atoms with E-state index in [0.29, 0.717) is 4.88 Å². The molecule has 5 nitrogen and oxygen atoms in total. The first-order valence-electron chi connectivity index (χ1n) is 8.36. The van der Waals surface area contributed by atoms with Gasteiger partial charge in [0.25, 0.3) is 5.91 Å². The number of hydrazone groups is 1. The van der Waals surface area contributed by atoms with Crippen LogP contribution in [0.5, 0.6) is 5.75 Å². The average Bonchev–Trinajstić information content (AvgIpc) is 3.18. The number of rotatable bonds is 8. The molecule has 1 amide bonds. The summed E-state index contributed by atoms with van der Waals surface area (Å²) in [7, 11) is 1.68. The summed E-state index contributed by atoms with van der Waals surface area (Å²) in [6, 6.07) is 9.61. The molecular weight excluding hydrogens is 334 g/mol. The predicted molar refractivity (Wildman–Crippen MR) is 104 cm³/mol. The Morgan fingerprint density at radius 1 is 1.28 bits per heavy atom. The summed E-state index contributed by atoms with van der Waals surface area (Å²) in [4.78, 5) is 15.0. The third kappa shape index (κ3) is 5.14. The van der Waals surface area contributed by atoms with Crippen LogP contribution in [0.25, 0.3) is 0 Å². The molecule has 1 N–H and O–H groups in total. The maximum absolute atomic E-state index is 12.0. The molecule has 0 aliphatic rings. The standard InChI is InChI=1S/C19H25N3O2S/c1-5-22(6-2)13-16-12-15(9-10-17(16)24-4)14(3)20-21-19(23)18-8-7-11-25-18/h7-12H,5-6,13H2,1-4H3,(H,21,23)/b20-14-. The van der Waals surface area contributed by atoms with Crippen molar-refractivity contribution < 1.29 is 9.53 Å². The molecule has 1 aromatic carbocycles. The molecule has 0 aliphatic carbocycles. The molecule has 0 saturated heterocycles. The van der Waals surface area contributed by atoms with Crippen LogP contribution in [0.3, 0.4) is 0 Å². The zero-order valence-electron chi connectivity index (χ0n) is 15.2. The van der Waals surface area contributed by atoms with E-state index < -0.39 is 0 Å². The van der Waals surface area contributed by atoms with Gasteiger partial charge in [0.1, 0.15) is 5.75 Å². The largest absolute Gasteiger partial charge is 0.496 e. The lowest BCUT2D eigenvalue weighted by Gasteiger charge is -2.20. The molecule has 0 radical (unpaired) electrons. The Labute approximate surface area is 153 Å². The van der Waals surface area contributed by atoms with Crippen molar-refractivity contribution in [2.45, 2.75) is 27.3 Å². The monoisotopic (exact) mass is 359 g/mol. The number of thiophene rings is 1. The fourth-order valence-corrected chi connectivity index (χ4v) is 3.09. The van der Waals surface area contributed by atoms with Crippen LogP contribution in [0.4, 0.5) is 0 Å². The van der Waals surface area contributed by atoms with Crippen molar-refractivity contribution in [3.05, 3.63) is 51.7 Å². The Balaban J connectivity index is 2.17. The minimum atomic E-state index is -0.189. The average molecular weight is 359 g/mol. The normalized spacial score (nSPS) is 11.6. The van der Waals surface area contributed by atoms with Gasteiger partial charge in [0.2, 0.25) is 0 Å². The van der Waals surface area contributed by atoms with Crippen LogP contribution >= 0.6 is 11.3 Å². The molecule has 0 bridgehead atoms. The molecule has 0 aliphatic heterocycles. The van der Waals surface area contributed by atoms with E-state index >= 15 is 0 Å². The fraction of sp³-hybridized carbons (Fsp3) is 0.368. The van der Waals surface area contributed by atoms with Crippen molar-refractivity contribution in [3.63, 3.8) is 0 Å². The second-order valence-electron chi connectivity index (χ2n) is 5.60. The molecule has 0 spiro atoms. The molecule has 0 unspecified atom stereocenters. The quantitative estimate of drug-likeness (QED) is 0.577. The van der Waals surface area contributed by atoms with E-state index in [1.165, 1.54) is 11.3 Å². The van der Waals surface area contributed by atoms with Crippen molar-refractivity contribution >= 4 is 23.0 Å². The Kier molecular flexibility index (Phi) is 7.16. The summed E-state index contributed by atoms with van der Waals surface area (Å²) in [5.74, 6) is 0.678. The number of methoxy groups -OCH3 is 1. The van der Waals surface area contributed by atoms with Gasteiger partial charge in [-0.3, -0.25) is 9.69 Å². The van der Waals surface area contributed by atoms with Gasteiger partial charge < -0.3 is 4.74 Å². The molecule has 0 fully saturated rings. The van der Waals surface area contributed by atoms with Crippen LogP contribution in [-0.2, 0) is 6.54 Å². The second-order valence-corrected chi connectivity index (χ2v) is 6.55. The Bertz CT molecular complexity index is 722. The Morgan fingerprint density at radius 2 is 2.04 bits per heavy atom. The van der Waals surface area contributed by atoms with Crippen molar-refractivity contribution in [1.29, 1.82) is 0 Å². The van der Waals surface area contributed by atoms with E-state index in [1.54, 1.807) is 13.2 Å². The molecule has 25 heavy (non-hydrogen) atoms. The highest BCUT2D eigenvalue weighted by atomic mass is 32.1. The SMILES string of the molecule is CCN(CC)Cc1cc(/C(C)=N\NC(=O)c2cccs2)ccc1OC. The minimum Gasteiger partial charge on any atom is -0.496 e. The van der Waals surface area contributed by atoms with Gasteiger partial charge in [-0.15, -0.1) is 11.3 Å². The van der Waals surface area contributed by atoms with E-state index in [2.05, 4.69) is 35.3 Å². The summed E-state index contributed by atoms with van der Waals surface area (Å²) in [6.07, 6.45) is 0. The number of ether oxygens (including phenoxy) is 1. The van der Waals surface area contributed by atoms with E-state index in [-0.39, 0.29) is 5.91 Å². The topological polar surface area (TPSA) is 53.9 Å². The summed E-state index contributed by atoms with van der Waals surface area (Å²) in [5, 5.41) is 6.11. The number of hydrogen-bond acceptors (Lipinski definition) is 5. The Hall–Kier alpha value is -2.18. The van der Waals surface area contributed by atoms with Crippen LogP contribution < -0.4 is 10.2 Å². The summed E-state index contributed by atoms with van der Waals surface area (Å²) in [5.41, 5.74) is 5.45. The van der Waals surface area contributed by atoms with Gasteiger partial charge in [0.15, 0.2) is 0 Å². The third-order valence-electron chi connectivity index (χ3n) is 4.06. The lowest BCUT2D eigenvalue weighted by atomic mass is 10.1. The van der Waals surface area contributed by atoms with Gasteiger partial charge >= 0.3 is 0 Å². The number of nitrogens with zero attached hydrogens (tertiary/aromatic N) is 2. The van der Waals surface area contributed by atoms with E-state index in [4.69, 9.17) is 4.74 Å². The first-order valence-corrected chi connectivity index (χ1v) is 9.24. The number of carbonyl (C=O) groups excluding carboxylic acids is 1. The number of nitrogens with one attached hydrogen (secondary N) is 1. The highest BCUT2D eigenvalue weighted by Gasteiger charge is 2.10. The molecule has 1 aromatic heterocycles. The minimum absolute atomic E-state index is 0.189. The highest BCUT2D eigenvalue weighted by molar-refractivity contribution is 7.12. The van der Waals surface area contributed by atoms with E-state index in [9.17, 15) is 4.79 Å². The van der Waals surface area contributed by atoms with Gasteiger partial charge in [-0.2, -0.15) is 5.10 Å². The summed E-state index contributed by atoms with van der Waals surface area (Å²) >= 11 is 1.39. The third-order valence-corrected chi connectivity index (χ3v) is 4.93. The van der Waals surface area contributed by atoms with Gasteiger partial charge in [-0.05, 0) is 55.2 Å². The van der Waals surface area contributed by atoms with Gasteiger partial charge in [-0.25, -0.2) is 5.43 Å². The van der Waals surface area contributed by atoms with E-state index in [0.717, 1.165) is 42.2 Å². The zero-order chi connectivity index (χ0) is 18.2. The number of hydrogen-bond donors (Lipinski definition) is 1. The number of benzene rings is 1. The number of amides is 1. The molecule has 134 valence electrons. The lowest BCUT2D eigenvalue weighted by molar-refractivity contribution is 0.0959. The second kappa shape index (κ2) is 9.34. The van der Waals surface area contributed by atoms with Crippen LogP contribution in [0.15, 0.2) is 40.8 Å². The van der Waals surface area contributed by atoms with Crippen LogP contribution in [0.2, 0.25) is 0 Å². The molecule has 0 atom stereocenters. The van der Waals surface area contributed by atoms with Crippen LogP contribution in [0.1, 0.15) is 41.6 Å². The molecular formula is C19H25N3O2S. The lowest BCUT2D eigenvalue weighted by Crippen LogP contribution is -2.22. The van der Waals surface area contributed by atoms with Crippen molar-refractivity contribution in [2.75, 3.05) is 20.2 Å². The first-order chi connectivity index (χ1) is 12.1. The van der Waals surface area contributed by atoms with Crippen LogP contribution in [-0.4, -0.2) is 36.7 Å². The van der Waals surface area contributed by atoms with Gasteiger partial charge in [0, 0.05) is 12.1 Å². The van der Waals surface area contributed by atoms with Gasteiger partial charge in [-0.1, -0.05) is 19.9 Å². The maximum atomic E-state index is 12.0. The molecule has 2 aromatic rings. The summed E-state index contributed by atoms with van der Waals surface area (Å²) in [6.45, 7) is 8.96. The fourth-order valence-electron chi connectivity index (χ4n) is 2.48.